The second-order valence-corrected chi connectivity index (χ2v) is 8.54. The molecule has 0 unspecified atom stereocenters. The molecule has 160 valence electrons. The van der Waals surface area contributed by atoms with E-state index < -0.39 is 37.1 Å². The highest BCUT2D eigenvalue weighted by atomic mass is 32.2. The number of anilines is 1. The zero-order valence-corrected chi connectivity index (χ0v) is 16.7. The highest BCUT2D eigenvalue weighted by Crippen LogP contribution is 2.31. The maximum Gasteiger partial charge on any atom is 0.293 e. The van der Waals surface area contributed by atoms with Crippen LogP contribution in [0.25, 0.3) is 0 Å². The van der Waals surface area contributed by atoms with E-state index in [0.717, 1.165) is 12.1 Å². The Morgan fingerprint density at radius 2 is 1.83 bits per heavy atom. The molecule has 9 nitrogen and oxygen atoms in total. The molecule has 0 bridgehead atoms. The standard InChI is InChI=1S/C19H20FN3O6S/c20-19(8-10-29-11-9-19)13-21-16-7-6-15(12-17(16)23(25)26)30(27,28)22-18(24)14-4-2-1-3-5-14/h1-7,12,21H,8-11,13H2,(H,22,24). The molecule has 1 aliphatic rings. The van der Waals surface area contributed by atoms with E-state index >= 15 is 0 Å². The van der Waals surface area contributed by atoms with Crippen molar-refractivity contribution in [1.29, 1.82) is 0 Å². The molecule has 1 heterocycles. The molecule has 1 fully saturated rings. The van der Waals surface area contributed by atoms with Crippen LogP contribution >= 0.6 is 0 Å². The molecular formula is C19H20FN3O6S. The number of halogens is 1. The molecule has 0 spiro atoms. The fraction of sp³-hybridized carbons (Fsp3) is 0.316. The zero-order chi connectivity index (χ0) is 21.8. The molecule has 30 heavy (non-hydrogen) atoms. The summed E-state index contributed by atoms with van der Waals surface area (Å²) in [5, 5.41) is 14.1. The molecule has 1 aliphatic heterocycles. The van der Waals surface area contributed by atoms with Gasteiger partial charge in [-0.15, -0.1) is 0 Å². The molecule has 0 saturated carbocycles. The molecule has 0 aromatic heterocycles. The van der Waals surface area contributed by atoms with Crippen molar-refractivity contribution >= 4 is 27.3 Å². The van der Waals surface area contributed by atoms with Crippen LogP contribution in [0.3, 0.4) is 0 Å². The molecular weight excluding hydrogens is 417 g/mol. The topological polar surface area (TPSA) is 128 Å². The van der Waals surface area contributed by atoms with Crippen LogP contribution in [-0.2, 0) is 14.8 Å². The SMILES string of the molecule is O=C(NS(=O)(=O)c1ccc(NCC2(F)CCOCC2)c([N+](=O)[O-])c1)c1ccccc1. The van der Waals surface area contributed by atoms with Crippen LogP contribution in [0, 0.1) is 10.1 Å². The maximum absolute atomic E-state index is 14.7. The Hall–Kier alpha value is -3.05. The smallest absolute Gasteiger partial charge is 0.293 e. The van der Waals surface area contributed by atoms with Crippen LogP contribution in [0.5, 0.6) is 0 Å². The molecule has 2 N–H and O–H groups in total. The van der Waals surface area contributed by atoms with E-state index in [9.17, 15) is 27.7 Å². The number of ether oxygens (including phenoxy) is 1. The fourth-order valence-corrected chi connectivity index (χ4v) is 3.97. The summed E-state index contributed by atoms with van der Waals surface area (Å²) in [4.78, 5) is 22.4. The number of benzene rings is 2. The minimum Gasteiger partial charge on any atom is -0.381 e. The summed E-state index contributed by atoms with van der Waals surface area (Å²) < 4.78 is 46.7. The molecule has 2 aromatic carbocycles. The first-order valence-electron chi connectivity index (χ1n) is 9.11. The molecule has 11 heteroatoms. The number of nitro benzene ring substituents is 1. The van der Waals surface area contributed by atoms with E-state index in [1.807, 2.05) is 4.72 Å². The van der Waals surface area contributed by atoms with Crippen molar-refractivity contribution in [2.45, 2.75) is 23.4 Å². The monoisotopic (exact) mass is 437 g/mol. The first-order valence-corrected chi connectivity index (χ1v) is 10.6. The van der Waals surface area contributed by atoms with Gasteiger partial charge in [-0.1, -0.05) is 18.2 Å². The van der Waals surface area contributed by atoms with Gasteiger partial charge in [0.2, 0.25) is 0 Å². The number of nitrogens with zero attached hydrogens (tertiary/aromatic N) is 1. The van der Waals surface area contributed by atoms with Crippen LogP contribution in [-0.4, -0.2) is 44.7 Å². The molecule has 0 radical (unpaired) electrons. The van der Waals surface area contributed by atoms with Gasteiger partial charge in [0.25, 0.3) is 21.6 Å². The normalized spacial score (nSPS) is 15.9. The van der Waals surface area contributed by atoms with Crippen molar-refractivity contribution < 1.29 is 27.3 Å². The van der Waals surface area contributed by atoms with Gasteiger partial charge in [-0.05, 0) is 24.3 Å². The Morgan fingerprint density at radius 1 is 1.17 bits per heavy atom. The van der Waals surface area contributed by atoms with Crippen LogP contribution in [0.4, 0.5) is 15.8 Å². The van der Waals surface area contributed by atoms with Crippen molar-refractivity contribution in [1.82, 2.24) is 4.72 Å². The van der Waals surface area contributed by atoms with Gasteiger partial charge in [0, 0.05) is 44.2 Å². The number of nitrogens with one attached hydrogen (secondary N) is 2. The fourth-order valence-electron chi connectivity index (χ4n) is 2.98. The van der Waals surface area contributed by atoms with Gasteiger partial charge in [0.05, 0.1) is 9.82 Å². The lowest BCUT2D eigenvalue weighted by Gasteiger charge is -2.29. The summed E-state index contributed by atoms with van der Waals surface area (Å²) in [5.41, 5.74) is -2.00. The molecule has 0 aliphatic carbocycles. The zero-order valence-electron chi connectivity index (χ0n) is 15.8. The maximum atomic E-state index is 14.7. The second-order valence-electron chi connectivity index (χ2n) is 6.85. The van der Waals surface area contributed by atoms with Gasteiger partial charge in [0.1, 0.15) is 11.4 Å². The Morgan fingerprint density at radius 3 is 2.47 bits per heavy atom. The molecule has 1 saturated heterocycles. The van der Waals surface area contributed by atoms with Crippen LogP contribution in [0.15, 0.2) is 53.4 Å². The lowest BCUT2D eigenvalue weighted by atomic mass is 9.96. The van der Waals surface area contributed by atoms with E-state index in [-0.39, 0.29) is 43.9 Å². The van der Waals surface area contributed by atoms with Gasteiger partial charge in [0.15, 0.2) is 0 Å². The third kappa shape index (κ3) is 5.10. The minimum absolute atomic E-state index is 0.0168. The Kier molecular flexibility index (Phi) is 6.32. The van der Waals surface area contributed by atoms with Crippen molar-refractivity contribution in [3.8, 4) is 0 Å². The van der Waals surface area contributed by atoms with E-state index in [1.165, 1.54) is 18.2 Å². The van der Waals surface area contributed by atoms with E-state index in [4.69, 9.17) is 4.74 Å². The third-order valence-electron chi connectivity index (χ3n) is 4.72. The first kappa shape index (κ1) is 21.7. The van der Waals surface area contributed by atoms with Gasteiger partial charge in [-0.25, -0.2) is 17.5 Å². The number of amides is 1. The largest absolute Gasteiger partial charge is 0.381 e. The number of carbonyl (C=O) groups excluding carboxylic acids is 1. The summed E-state index contributed by atoms with van der Waals surface area (Å²) in [6, 6.07) is 10.8. The summed E-state index contributed by atoms with van der Waals surface area (Å²) in [6.45, 7) is 0.352. The number of carbonyl (C=O) groups is 1. The van der Waals surface area contributed by atoms with Gasteiger partial charge in [-0.2, -0.15) is 0 Å². The number of hydrogen-bond donors (Lipinski definition) is 2. The van der Waals surface area contributed by atoms with E-state index in [2.05, 4.69) is 5.32 Å². The molecule has 1 amide bonds. The van der Waals surface area contributed by atoms with Crippen molar-refractivity contribution in [3.63, 3.8) is 0 Å². The molecule has 2 aromatic rings. The number of sulfonamides is 1. The summed E-state index contributed by atoms with van der Waals surface area (Å²) >= 11 is 0. The van der Waals surface area contributed by atoms with Crippen LogP contribution in [0.2, 0.25) is 0 Å². The predicted molar refractivity (Wildman–Crippen MR) is 107 cm³/mol. The Bertz CT molecular complexity index is 1040. The first-order chi connectivity index (χ1) is 14.2. The molecule has 3 rings (SSSR count). The summed E-state index contributed by atoms with van der Waals surface area (Å²) in [6.07, 6.45) is 0.317. The number of rotatable bonds is 7. The molecule has 0 atom stereocenters. The predicted octanol–water partition coefficient (Wildman–Crippen LogP) is 2.64. The van der Waals surface area contributed by atoms with Crippen molar-refractivity contribution in [2.24, 2.45) is 0 Å². The summed E-state index contributed by atoms with van der Waals surface area (Å²) in [7, 11) is -4.35. The quantitative estimate of drug-likeness (QED) is 0.503. The third-order valence-corrected chi connectivity index (χ3v) is 6.05. The van der Waals surface area contributed by atoms with Gasteiger partial charge in [-0.3, -0.25) is 14.9 Å². The van der Waals surface area contributed by atoms with E-state index in [0.29, 0.717) is 0 Å². The average Bonchev–Trinajstić information content (AvgIpc) is 2.73. The highest BCUT2D eigenvalue weighted by Gasteiger charge is 2.33. The lowest BCUT2D eigenvalue weighted by molar-refractivity contribution is -0.384. The van der Waals surface area contributed by atoms with Gasteiger partial charge >= 0.3 is 0 Å². The Labute approximate surface area is 172 Å². The highest BCUT2D eigenvalue weighted by molar-refractivity contribution is 7.90. The lowest BCUT2D eigenvalue weighted by Crippen LogP contribution is -2.38. The van der Waals surface area contributed by atoms with E-state index in [1.54, 1.807) is 18.2 Å². The average molecular weight is 437 g/mol. The number of hydrogen-bond acceptors (Lipinski definition) is 7. The van der Waals surface area contributed by atoms with Crippen LogP contribution < -0.4 is 10.0 Å². The Balaban J connectivity index is 1.80. The van der Waals surface area contributed by atoms with Crippen molar-refractivity contribution in [3.05, 3.63) is 64.2 Å². The van der Waals surface area contributed by atoms with Crippen molar-refractivity contribution in [2.75, 3.05) is 25.1 Å². The minimum atomic E-state index is -4.35. The number of alkyl halides is 1. The van der Waals surface area contributed by atoms with Gasteiger partial charge < -0.3 is 10.1 Å². The van der Waals surface area contributed by atoms with Crippen LogP contribution in [0.1, 0.15) is 23.2 Å². The second kappa shape index (κ2) is 8.76. The summed E-state index contributed by atoms with van der Waals surface area (Å²) in [5.74, 6) is -0.862. The number of nitro groups is 1.